The largest absolute Gasteiger partial charge is 0.491 e. The molecular weight excluding hydrogens is 539 g/mol. The van der Waals surface area contributed by atoms with Crippen LogP contribution in [0.25, 0.3) is 0 Å². The van der Waals surface area contributed by atoms with Crippen LogP contribution in [0.2, 0.25) is 0 Å². The summed E-state index contributed by atoms with van der Waals surface area (Å²) in [4.78, 5) is 61.9. The Bertz CT molecular complexity index is 1220. The van der Waals surface area contributed by atoms with Crippen molar-refractivity contribution in [3.05, 3.63) is 63.8 Å². The van der Waals surface area contributed by atoms with Crippen molar-refractivity contribution >= 4 is 35.3 Å². The Labute approximate surface area is 226 Å². The first-order valence-corrected chi connectivity index (χ1v) is 12.1. The highest BCUT2D eigenvalue weighted by molar-refractivity contribution is 5.89. The molecule has 0 radical (unpaired) electrons. The van der Waals surface area contributed by atoms with Gasteiger partial charge in [-0.3, -0.25) is 24.5 Å². The van der Waals surface area contributed by atoms with Crippen LogP contribution in [0.15, 0.2) is 42.6 Å². The van der Waals surface area contributed by atoms with E-state index in [9.17, 15) is 42.5 Å². The van der Waals surface area contributed by atoms with Crippen molar-refractivity contribution in [1.29, 1.82) is 0 Å². The number of halogens is 3. The van der Waals surface area contributed by atoms with E-state index in [1.165, 1.54) is 12.1 Å². The van der Waals surface area contributed by atoms with E-state index in [4.69, 9.17) is 0 Å². The number of hydrogen-bond donors (Lipinski definition) is 3. The Morgan fingerprint density at radius 2 is 1.82 bits per heavy atom. The number of aryl methyl sites for hydroxylation is 1. The zero-order chi connectivity index (χ0) is 29.7. The molecule has 0 bridgehead atoms. The Hall–Kier alpha value is -4.56. The number of carbonyl (C=O) groups excluding carboxylic acids is 4. The number of anilines is 1. The van der Waals surface area contributed by atoms with Crippen molar-refractivity contribution in [1.82, 2.24) is 15.6 Å². The number of nitrogens with one attached hydrogen (secondary N) is 3. The average molecular weight is 568 g/mol. The van der Waals surface area contributed by atoms with Gasteiger partial charge in [0.15, 0.2) is 0 Å². The minimum Gasteiger partial charge on any atom is -0.386 e. The maximum atomic E-state index is 12.4. The molecule has 0 aliphatic rings. The van der Waals surface area contributed by atoms with Gasteiger partial charge in [-0.05, 0) is 43.0 Å². The summed E-state index contributed by atoms with van der Waals surface area (Å²) in [5.74, 6) is -4.85. The van der Waals surface area contributed by atoms with Gasteiger partial charge in [-0.15, -0.1) is 0 Å². The molecule has 12 nitrogen and oxygen atoms in total. The van der Waals surface area contributed by atoms with Gasteiger partial charge < -0.3 is 20.7 Å². The maximum absolute atomic E-state index is 12.4. The lowest BCUT2D eigenvalue weighted by Gasteiger charge is -2.19. The van der Waals surface area contributed by atoms with Gasteiger partial charge in [-0.1, -0.05) is 18.6 Å². The highest BCUT2D eigenvalue weighted by Gasteiger charge is 2.42. The monoisotopic (exact) mass is 567 g/mol. The number of rotatable bonds is 14. The molecule has 1 atom stereocenters. The number of nitro groups is 1. The topological polar surface area (TPSA) is 170 Å². The number of amides is 2. The van der Waals surface area contributed by atoms with Gasteiger partial charge in [0.2, 0.25) is 11.8 Å². The zero-order valence-electron chi connectivity index (χ0n) is 21.5. The summed E-state index contributed by atoms with van der Waals surface area (Å²) < 4.78 is 41.0. The third-order valence-electron chi connectivity index (χ3n) is 5.38. The van der Waals surface area contributed by atoms with Crippen LogP contribution in [0, 0.1) is 17.0 Å². The van der Waals surface area contributed by atoms with Gasteiger partial charge in [-0.25, -0.2) is 9.78 Å². The van der Waals surface area contributed by atoms with E-state index in [0.29, 0.717) is 13.0 Å². The number of hydrogen-bond acceptors (Lipinski definition) is 9. The maximum Gasteiger partial charge on any atom is 0.491 e. The molecule has 1 aromatic heterocycles. The summed E-state index contributed by atoms with van der Waals surface area (Å²) in [5.41, 5.74) is 0.668. The van der Waals surface area contributed by atoms with Crippen molar-refractivity contribution in [3.8, 4) is 0 Å². The molecule has 0 aliphatic carbocycles. The van der Waals surface area contributed by atoms with E-state index in [0.717, 1.165) is 36.4 Å². The summed E-state index contributed by atoms with van der Waals surface area (Å²) in [5, 5.41) is 19.0. The van der Waals surface area contributed by atoms with Crippen molar-refractivity contribution < 1.29 is 42.0 Å². The SMILES string of the molecule is Cc1ccnc(NCCCCCC(=O)NCC(=O)NC(CC(=O)OC(=O)C(F)(F)F)c2cccc([N+](=O)[O-])c2)c1. The first-order valence-electron chi connectivity index (χ1n) is 12.1. The van der Waals surface area contributed by atoms with E-state index < -0.39 is 59.5 Å². The van der Waals surface area contributed by atoms with Gasteiger partial charge in [0.1, 0.15) is 5.82 Å². The number of aromatic nitrogens is 1. The Morgan fingerprint density at radius 3 is 2.50 bits per heavy atom. The fourth-order valence-corrected chi connectivity index (χ4v) is 3.43. The first kappa shape index (κ1) is 31.7. The van der Waals surface area contributed by atoms with Crippen LogP contribution in [0.3, 0.4) is 0 Å². The van der Waals surface area contributed by atoms with Crippen LogP contribution in [-0.2, 0) is 23.9 Å². The quantitative estimate of drug-likeness (QED) is 0.102. The molecular formula is C25H28F3N5O7. The normalized spacial score (nSPS) is 11.7. The number of non-ortho nitro benzene ring substituents is 1. The summed E-state index contributed by atoms with van der Waals surface area (Å²) in [6.45, 7) is 2.09. The molecule has 2 rings (SSSR count). The molecule has 3 N–H and O–H groups in total. The molecule has 0 saturated carbocycles. The zero-order valence-corrected chi connectivity index (χ0v) is 21.5. The van der Waals surface area contributed by atoms with Crippen LogP contribution in [0.4, 0.5) is 24.7 Å². The molecule has 1 unspecified atom stereocenters. The number of esters is 2. The number of alkyl halides is 3. The lowest BCUT2D eigenvalue weighted by Crippen LogP contribution is -2.39. The van der Waals surface area contributed by atoms with Crippen LogP contribution in [0.1, 0.15) is 49.3 Å². The minimum absolute atomic E-state index is 0.000225. The highest BCUT2D eigenvalue weighted by Crippen LogP contribution is 2.23. The van der Waals surface area contributed by atoms with E-state index >= 15 is 0 Å². The standard InChI is InChI=1S/C25H28F3N5O7/c1-16-9-11-30-20(12-16)29-10-4-2-3-8-21(34)31-15-22(35)32-19(14-23(36)40-24(37)25(26,27)28)17-6-5-7-18(13-17)33(38)39/h5-7,9,11-13,19H,2-4,8,10,14-15H2,1H3,(H,29,30)(H,31,34)(H,32,35). The Balaban J connectivity index is 1.84. The van der Waals surface area contributed by atoms with E-state index in [1.807, 2.05) is 19.1 Å². The van der Waals surface area contributed by atoms with E-state index in [-0.39, 0.29) is 12.0 Å². The van der Waals surface area contributed by atoms with Gasteiger partial charge in [0.05, 0.1) is 23.9 Å². The minimum atomic E-state index is -5.42. The molecule has 0 spiro atoms. The number of pyridine rings is 1. The van der Waals surface area contributed by atoms with Crippen molar-refractivity contribution in [3.63, 3.8) is 0 Å². The Kier molecular flexibility index (Phi) is 12.0. The summed E-state index contributed by atoms with van der Waals surface area (Å²) in [6.07, 6.45) is -2.46. The molecule has 216 valence electrons. The third-order valence-corrected chi connectivity index (χ3v) is 5.38. The summed E-state index contributed by atoms with van der Waals surface area (Å²) >= 11 is 0. The summed E-state index contributed by atoms with van der Waals surface area (Å²) in [7, 11) is 0. The smallest absolute Gasteiger partial charge is 0.386 e. The molecule has 15 heteroatoms. The van der Waals surface area contributed by atoms with Crippen molar-refractivity contribution in [2.45, 2.75) is 51.2 Å². The highest BCUT2D eigenvalue weighted by atomic mass is 19.4. The number of nitro benzene ring substituents is 1. The molecule has 1 heterocycles. The second kappa shape index (κ2) is 15.1. The second-order valence-corrected chi connectivity index (χ2v) is 8.67. The first-order chi connectivity index (χ1) is 18.8. The van der Waals surface area contributed by atoms with Gasteiger partial charge in [0.25, 0.3) is 5.69 Å². The molecule has 1 aromatic carbocycles. The van der Waals surface area contributed by atoms with Crippen LogP contribution in [0.5, 0.6) is 0 Å². The molecule has 2 aromatic rings. The fraction of sp³-hybridized carbons (Fsp3) is 0.400. The molecule has 0 saturated heterocycles. The molecule has 0 fully saturated rings. The summed E-state index contributed by atoms with van der Waals surface area (Å²) in [6, 6.07) is 7.08. The number of carbonyl (C=O) groups is 4. The predicted molar refractivity (Wildman–Crippen MR) is 135 cm³/mol. The van der Waals surface area contributed by atoms with Crippen molar-refractivity contribution in [2.75, 3.05) is 18.4 Å². The van der Waals surface area contributed by atoms with Crippen LogP contribution in [-0.4, -0.2) is 52.9 Å². The molecule has 2 amide bonds. The lowest BCUT2D eigenvalue weighted by atomic mass is 10.0. The van der Waals surface area contributed by atoms with Gasteiger partial charge >= 0.3 is 18.1 Å². The van der Waals surface area contributed by atoms with Crippen molar-refractivity contribution in [2.24, 2.45) is 0 Å². The second-order valence-electron chi connectivity index (χ2n) is 8.67. The third kappa shape index (κ3) is 11.4. The van der Waals surface area contributed by atoms with Gasteiger partial charge in [0, 0.05) is 31.3 Å². The Morgan fingerprint density at radius 1 is 1.07 bits per heavy atom. The van der Waals surface area contributed by atoms with E-state index in [2.05, 4.69) is 25.7 Å². The predicted octanol–water partition coefficient (Wildman–Crippen LogP) is 3.27. The molecule has 0 aliphatic heterocycles. The number of ether oxygens (including phenoxy) is 1. The number of nitrogens with zero attached hydrogens (tertiary/aromatic N) is 2. The van der Waals surface area contributed by atoms with Gasteiger partial charge in [-0.2, -0.15) is 13.2 Å². The van der Waals surface area contributed by atoms with Crippen LogP contribution < -0.4 is 16.0 Å². The van der Waals surface area contributed by atoms with Crippen LogP contribution >= 0.6 is 0 Å². The number of benzene rings is 1. The molecule has 40 heavy (non-hydrogen) atoms. The average Bonchev–Trinajstić information content (AvgIpc) is 2.88. The fourth-order valence-electron chi connectivity index (χ4n) is 3.43. The lowest BCUT2D eigenvalue weighted by molar-refractivity contribution is -0.384. The van der Waals surface area contributed by atoms with E-state index in [1.54, 1.807) is 6.20 Å². The number of unbranched alkanes of at least 4 members (excludes halogenated alkanes) is 2.